The Hall–Kier alpha value is -3.03. The summed E-state index contributed by atoms with van der Waals surface area (Å²) < 4.78 is 28.5. The first-order valence-electron chi connectivity index (χ1n) is 7.10. The quantitative estimate of drug-likeness (QED) is 0.634. The Morgan fingerprint density at radius 3 is 2.54 bits per heavy atom. The maximum Gasteiger partial charge on any atom is 0.387 e. The molecule has 0 aromatic heterocycles. The number of non-ortho nitro benzene ring substituents is 1. The molecule has 0 radical (unpaired) electrons. The average molecular weight is 334 g/mol. The molecule has 0 spiro atoms. The first-order valence-corrected chi connectivity index (χ1v) is 7.10. The van der Waals surface area contributed by atoms with E-state index in [0.29, 0.717) is 18.7 Å². The van der Waals surface area contributed by atoms with Crippen LogP contribution in [-0.2, 0) is 6.42 Å². The normalized spacial score (nSPS) is 13.0. The summed E-state index contributed by atoms with van der Waals surface area (Å²) in [5.74, 6) is -0.392. The van der Waals surface area contributed by atoms with Crippen LogP contribution in [0.3, 0.4) is 0 Å². The summed E-state index contributed by atoms with van der Waals surface area (Å²) in [6.45, 7) is -2.53. The maximum atomic E-state index is 12.6. The number of hydrogen-bond acceptors (Lipinski definition) is 4. The van der Waals surface area contributed by atoms with Gasteiger partial charge in [0, 0.05) is 24.2 Å². The molecule has 2 aromatic carbocycles. The Bertz CT molecular complexity index is 793. The van der Waals surface area contributed by atoms with Crippen LogP contribution in [0.1, 0.15) is 15.9 Å². The summed E-state index contributed by atoms with van der Waals surface area (Å²) >= 11 is 0. The van der Waals surface area contributed by atoms with Gasteiger partial charge in [-0.05, 0) is 36.2 Å². The van der Waals surface area contributed by atoms with Gasteiger partial charge in [0.05, 0.1) is 10.6 Å². The lowest BCUT2D eigenvalue weighted by Crippen LogP contribution is -2.28. The molecule has 1 heterocycles. The van der Waals surface area contributed by atoms with E-state index in [4.69, 9.17) is 0 Å². The van der Waals surface area contributed by atoms with Crippen LogP contribution in [0, 0.1) is 10.1 Å². The minimum absolute atomic E-state index is 0.0426. The summed E-state index contributed by atoms with van der Waals surface area (Å²) in [6.07, 6.45) is 0.603. The molecule has 2 aromatic rings. The smallest absolute Gasteiger partial charge is 0.387 e. The second-order valence-corrected chi connectivity index (χ2v) is 5.18. The topological polar surface area (TPSA) is 72.7 Å². The van der Waals surface area contributed by atoms with Gasteiger partial charge in [-0.2, -0.15) is 8.78 Å². The predicted molar refractivity (Wildman–Crippen MR) is 81.6 cm³/mol. The molecule has 8 heteroatoms. The highest BCUT2D eigenvalue weighted by atomic mass is 19.3. The van der Waals surface area contributed by atoms with Gasteiger partial charge in [0.25, 0.3) is 11.6 Å². The lowest BCUT2D eigenvalue weighted by Gasteiger charge is -2.17. The highest BCUT2D eigenvalue weighted by Crippen LogP contribution is 2.32. The third-order valence-electron chi connectivity index (χ3n) is 3.75. The number of carbonyl (C=O) groups is 1. The monoisotopic (exact) mass is 334 g/mol. The van der Waals surface area contributed by atoms with Crippen molar-refractivity contribution in [2.24, 2.45) is 0 Å². The molecule has 6 nitrogen and oxygen atoms in total. The number of nitro groups is 1. The molecule has 0 saturated carbocycles. The number of carbonyl (C=O) groups excluding carboxylic acids is 1. The van der Waals surface area contributed by atoms with Gasteiger partial charge in [0.2, 0.25) is 0 Å². The van der Waals surface area contributed by atoms with Gasteiger partial charge >= 0.3 is 6.61 Å². The lowest BCUT2D eigenvalue weighted by molar-refractivity contribution is -0.384. The highest BCUT2D eigenvalue weighted by Gasteiger charge is 2.27. The molecular weight excluding hydrogens is 322 g/mol. The van der Waals surface area contributed by atoms with Crippen LogP contribution in [0.2, 0.25) is 0 Å². The van der Waals surface area contributed by atoms with Gasteiger partial charge in [-0.25, -0.2) is 0 Å². The molecule has 1 aliphatic rings. The number of anilines is 1. The summed E-state index contributed by atoms with van der Waals surface area (Å²) in [7, 11) is 0. The summed E-state index contributed by atoms with van der Waals surface area (Å²) in [6, 6.07) is 9.75. The standard InChI is InChI=1S/C16H12F2N2O4/c17-16(18)24-13-5-2-11(3-6-13)15(21)19-8-7-10-1-4-12(20(22)23)9-14(10)19/h1-6,9,16H,7-8H2. The molecule has 0 saturated heterocycles. The number of nitrogens with zero attached hydrogens (tertiary/aromatic N) is 2. The second kappa shape index (κ2) is 6.23. The number of fused-ring (bicyclic) bond motifs is 1. The highest BCUT2D eigenvalue weighted by molar-refractivity contribution is 6.07. The summed E-state index contributed by atoms with van der Waals surface area (Å²) in [4.78, 5) is 24.4. The van der Waals surface area contributed by atoms with Crippen LogP contribution in [0.15, 0.2) is 42.5 Å². The number of amides is 1. The first kappa shape index (κ1) is 15.9. The number of ether oxygens (including phenoxy) is 1. The van der Waals surface area contributed by atoms with Crippen LogP contribution in [0.4, 0.5) is 20.2 Å². The fraction of sp³-hybridized carbons (Fsp3) is 0.188. The van der Waals surface area contributed by atoms with Crippen molar-refractivity contribution < 1.29 is 23.2 Å². The molecule has 1 aliphatic heterocycles. The second-order valence-electron chi connectivity index (χ2n) is 5.18. The lowest BCUT2D eigenvalue weighted by atomic mass is 10.1. The maximum absolute atomic E-state index is 12.6. The van der Waals surface area contributed by atoms with E-state index in [1.165, 1.54) is 41.3 Å². The minimum atomic E-state index is -2.93. The molecule has 0 atom stereocenters. The Balaban J connectivity index is 1.85. The zero-order valence-corrected chi connectivity index (χ0v) is 12.3. The largest absolute Gasteiger partial charge is 0.435 e. The van der Waals surface area contributed by atoms with Crippen LogP contribution in [0.5, 0.6) is 5.75 Å². The zero-order valence-electron chi connectivity index (χ0n) is 12.3. The fourth-order valence-electron chi connectivity index (χ4n) is 2.63. The van der Waals surface area contributed by atoms with Gasteiger partial charge in [0.1, 0.15) is 5.75 Å². The van der Waals surface area contributed by atoms with Crippen molar-refractivity contribution in [1.29, 1.82) is 0 Å². The molecular formula is C16H12F2N2O4. The van der Waals surface area contributed by atoms with Crippen LogP contribution >= 0.6 is 0 Å². The molecule has 0 fully saturated rings. The van der Waals surface area contributed by atoms with Crippen molar-refractivity contribution in [3.05, 3.63) is 63.7 Å². The van der Waals surface area contributed by atoms with E-state index in [1.54, 1.807) is 6.07 Å². The van der Waals surface area contributed by atoms with E-state index in [-0.39, 0.29) is 22.9 Å². The van der Waals surface area contributed by atoms with E-state index >= 15 is 0 Å². The molecule has 1 amide bonds. The Morgan fingerprint density at radius 2 is 1.92 bits per heavy atom. The van der Waals surface area contributed by atoms with Crippen LogP contribution in [-0.4, -0.2) is 24.0 Å². The van der Waals surface area contributed by atoms with Crippen LogP contribution in [0.25, 0.3) is 0 Å². The SMILES string of the molecule is O=C(c1ccc(OC(F)F)cc1)N1CCc2ccc([N+](=O)[O-])cc21. The molecule has 0 aliphatic carbocycles. The predicted octanol–water partition coefficient (Wildman–Crippen LogP) is 3.40. The van der Waals surface area contributed by atoms with Crippen molar-refractivity contribution in [3.63, 3.8) is 0 Å². The van der Waals surface area contributed by atoms with Gasteiger partial charge < -0.3 is 9.64 Å². The average Bonchev–Trinajstić information content (AvgIpc) is 2.97. The van der Waals surface area contributed by atoms with E-state index in [0.717, 1.165) is 5.56 Å². The van der Waals surface area contributed by atoms with Crippen LogP contribution < -0.4 is 9.64 Å². The minimum Gasteiger partial charge on any atom is -0.435 e. The number of benzene rings is 2. The number of nitro benzene ring substituents is 1. The zero-order chi connectivity index (χ0) is 17.3. The van der Waals surface area contributed by atoms with Gasteiger partial charge in [-0.3, -0.25) is 14.9 Å². The molecule has 124 valence electrons. The van der Waals surface area contributed by atoms with Crippen molar-refractivity contribution >= 4 is 17.3 Å². The van der Waals surface area contributed by atoms with E-state index in [9.17, 15) is 23.7 Å². The number of rotatable bonds is 4. The summed E-state index contributed by atoms with van der Waals surface area (Å²) in [5, 5.41) is 10.9. The number of alkyl halides is 2. The number of halogens is 2. The molecule has 24 heavy (non-hydrogen) atoms. The van der Waals surface area contributed by atoms with E-state index in [1.807, 2.05) is 0 Å². The van der Waals surface area contributed by atoms with Gasteiger partial charge in [0.15, 0.2) is 0 Å². The van der Waals surface area contributed by atoms with Crippen molar-refractivity contribution in [3.8, 4) is 5.75 Å². The first-order chi connectivity index (χ1) is 11.5. The van der Waals surface area contributed by atoms with E-state index < -0.39 is 11.5 Å². The molecule has 0 N–H and O–H groups in total. The Kier molecular flexibility index (Phi) is 4.11. The van der Waals surface area contributed by atoms with Crippen molar-refractivity contribution in [2.75, 3.05) is 11.4 Å². The molecule has 0 unspecified atom stereocenters. The fourth-order valence-corrected chi connectivity index (χ4v) is 2.63. The summed E-state index contributed by atoms with van der Waals surface area (Å²) in [5.41, 5.74) is 1.55. The van der Waals surface area contributed by atoms with Gasteiger partial charge in [-0.1, -0.05) is 6.07 Å². The van der Waals surface area contributed by atoms with Crippen molar-refractivity contribution in [2.45, 2.75) is 13.0 Å². The van der Waals surface area contributed by atoms with Gasteiger partial charge in [-0.15, -0.1) is 0 Å². The number of hydrogen-bond donors (Lipinski definition) is 0. The molecule has 0 bridgehead atoms. The molecule has 3 rings (SSSR count). The Morgan fingerprint density at radius 1 is 1.21 bits per heavy atom. The van der Waals surface area contributed by atoms with Crippen molar-refractivity contribution in [1.82, 2.24) is 0 Å². The third kappa shape index (κ3) is 3.03. The van der Waals surface area contributed by atoms with E-state index in [2.05, 4.69) is 4.74 Å². The Labute approximate surface area is 135 Å². The third-order valence-corrected chi connectivity index (χ3v) is 3.75.